The van der Waals surface area contributed by atoms with Crippen molar-refractivity contribution in [3.05, 3.63) is 33.8 Å². The van der Waals surface area contributed by atoms with Crippen LogP contribution in [0.5, 0.6) is 0 Å². The molecule has 1 saturated carbocycles. The number of likely N-dealkylation sites (tertiary alicyclic amines) is 1. The van der Waals surface area contributed by atoms with Gasteiger partial charge in [0.1, 0.15) is 0 Å². The topological polar surface area (TPSA) is 20.3 Å². The fraction of sp³-hybridized carbons (Fsp3) is 0.588. The summed E-state index contributed by atoms with van der Waals surface area (Å²) < 4.78 is 0. The molecule has 1 aliphatic heterocycles. The highest BCUT2D eigenvalue weighted by Crippen LogP contribution is 2.46. The molecule has 1 aromatic rings. The van der Waals surface area contributed by atoms with Crippen molar-refractivity contribution in [3.63, 3.8) is 0 Å². The summed E-state index contributed by atoms with van der Waals surface area (Å²) >= 11 is 12.1. The second-order valence-corrected chi connectivity index (χ2v) is 7.14. The van der Waals surface area contributed by atoms with Crippen molar-refractivity contribution in [2.24, 2.45) is 0 Å². The van der Waals surface area contributed by atoms with Gasteiger partial charge >= 0.3 is 0 Å². The lowest BCUT2D eigenvalue weighted by Crippen LogP contribution is -2.48. The molecule has 4 heteroatoms. The predicted molar refractivity (Wildman–Crippen MR) is 87.3 cm³/mol. The van der Waals surface area contributed by atoms with Crippen LogP contribution in [0.3, 0.4) is 0 Å². The zero-order valence-corrected chi connectivity index (χ0v) is 13.7. The minimum absolute atomic E-state index is 0.314. The molecule has 1 aromatic carbocycles. The Kier molecular flexibility index (Phi) is 4.58. The quantitative estimate of drug-likeness (QED) is 0.814. The first kappa shape index (κ1) is 15.3. The zero-order chi connectivity index (χ0) is 14.9. The smallest absolute Gasteiger partial charge is 0.157 e. The molecule has 1 aliphatic carbocycles. The molecule has 2 aliphatic rings. The molecule has 2 fully saturated rings. The molecule has 114 valence electrons. The molecule has 0 spiro atoms. The third-order valence-corrected chi connectivity index (χ3v) is 5.77. The summed E-state index contributed by atoms with van der Waals surface area (Å²) in [5, 5.41) is 1.10. The van der Waals surface area contributed by atoms with E-state index in [0.717, 1.165) is 37.9 Å². The van der Waals surface area contributed by atoms with E-state index in [4.69, 9.17) is 23.2 Å². The van der Waals surface area contributed by atoms with Gasteiger partial charge in [-0.25, -0.2) is 0 Å². The highest BCUT2D eigenvalue weighted by molar-refractivity contribution is 6.42. The predicted octanol–water partition coefficient (Wildman–Crippen LogP) is 4.47. The number of halogens is 2. The average Bonchev–Trinajstić information content (AvgIpc) is 2.42. The fourth-order valence-electron chi connectivity index (χ4n) is 3.52. The van der Waals surface area contributed by atoms with Crippen LogP contribution < -0.4 is 0 Å². The first-order valence-electron chi connectivity index (χ1n) is 7.83. The van der Waals surface area contributed by atoms with E-state index in [0.29, 0.717) is 22.4 Å². The summed E-state index contributed by atoms with van der Waals surface area (Å²) in [6, 6.07) is 5.67. The van der Waals surface area contributed by atoms with E-state index in [1.165, 1.54) is 19.3 Å². The number of nitrogens with zero attached hydrogens (tertiary/aromatic N) is 1. The van der Waals surface area contributed by atoms with Gasteiger partial charge in [-0.2, -0.15) is 0 Å². The maximum atomic E-state index is 12.9. The molecular weight excluding hydrogens is 305 g/mol. The van der Waals surface area contributed by atoms with E-state index >= 15 is 0 Å². The minimum Gasteiger partial charge on any atom is -0.297 e. The van der Waals surface area contributed by atoms with Gasteiger partial charge in [-0.1, -0.05) is 42.1 Å². The van der Waals surface area contributed by atoms with E-state index in [9.17, 15) is 4.79 Å². The van der Waals surface area contributed by atoms with Crippen molar-refractivity contribution in [2.75, 3.05) is 19.6 Å². The van der Waals surface area contributed by atoms with Crippen LogP contribution in [-0.2, 0) is 10.2 Å². The molecule has 3 rings (SSSR count). The largest absolute Gasteiger partial charge is 0.297 e. The lowest BCUT2D eigenvalue weighted by Gasteiger charge is -2.42. The van der Waals surface area contributed by atoms with Crippen LogP contribution >= 0.6 is 23.2 Å². The first-order chi connectivity index (χ1) is 10.1. The molecule has 0 atom stereocenters. The summed E-state index contributed by atoms with van der Waals surface area (Å²) in [6.07, 6.45) is 6.73. The van der Waals surface area contributed by atoms with E-state index < -0.39 is 0 Å². The maximum Gasteiger partial charge on any atom is 0.157 e. The number of hydrogen-bond donors (Lipinski definition) is 0. The third kappa shape index (κ3) is 2.99. The SMILES string of the molecule is O=C(CN1CCCCC1)C1(c2ccc(Cl)c(Cl)c2)CCC1. The number of piperidine rings is 1. The Morgan fingerprint density at radius 1 is 1.05 bits per heavy atom. The lowest BCUT2D eigenvalue weighted by molar-refractivity contribution is -0.129. The number of rotatable bonds is 4. The highest BCUT2D eigenvalue weighted by atomic mass is 35.5. The van der Waals surface area contributed by atoms with Crippen molar-refractivity contribution in [1.82, 2.24) is 4.90 Å². The Morgan fingerprint density at radius 2 is 1.76 bits per heavy atom. The van der Waals surface area contributed by atoms with E-state index in [1.54, 1.807) is 0 Å². The standard InChI is InChI=1S/C17H21Cl2NO/c18-14-6-5-13(11-15(14)19)17(7-4-8-17)16(21)12-20-9-2-1-3-10-20/h5-6,11H,1-4,7-10,12H2. The Morgan fingerprint density at radius 3 is 2.33 bits per heavy atom. The molecule has 0 radical (unpaired) electrons. The van der Waals surface area contributed by atoms with Gasteiger partial charge in [0, 0.05) is 0 Å². The number of hydrogen-bond acceptors (Lipinski definition) is 2. The summed E-state index contributed by atoms with van der Waals surface area (Å²) in [4.78, 5) is 15.2. The Bertz CT molecular complexity index is 534. The fourth-order valence-corrected chi connectivity index (χ4v) is 3.82. The van der Waals surface area contributed by atoms with Gasteiger partial charge in [-0.3, -0.25) is 9.69 Å². The molecule has 1 saturated heterocycles. The van der Waals surface area contributed by atoms with Gasteiger partial charge in [0.25, 0.3) is 0 Å². The summed E-state index contributed by atoms with van der Waals surface area (Å²) in [5.74, 6) is 0.356. The molecular formula is C17H21Cl2NO. The van der Waals surface area contributed by atoms with Crippen LogP contribution in [0.15, 0.2) is 18.2 Å². The minimum atomic E-state index is -0.314. The second-order valence-electron chi connectivity index (χ2n) is 6.32. The Labute approximate surface area is 136 Å². The van der Waals surface area contributed by atoms with Crippen molar-refractivity contribution in [2.45, 2.75) is 43.9 Å². The monoisotopic (exact) mass is 325 g/mol. The van der Waals surface area contributed by atoms with Crippen LogP contribution in [0, 0.1) is 0 Å². The van der Waals surface area contributed by atoms with Crippen LogP contribution in [0.25, 0.3) is 0 Å². The van der Waals surface area contributed by atoms with Gasteiger partial charge in [0.2, 0.25) is 0 Å². The Hall–Kier alpha value is -0.570. The van der Waals surface area contributed by atoms with E-state index in [1.807, 2.05) is 18.2 Å². The molecule has 0 unspecified atom stereocenters. The number of benzene rings is 1. The number of carbonyl (C=O) groups is 1. The lowest BCUT2D eigenvalue weighted by atomic mass is 9.62. The van der Waals surface area contributed by atoms with Gasteiger partial charge in [0.05, 0.1) is 22.0 Å². The van der Waals surface area contributed by atoms with Gasteiger partial charge in [-0.05, 0) is 56.5 Å². The summed E-state index contributed by atoms with van der Waals surface area (Å²) in [7, 11) is 0. The molecule has 0 aromatic heterocycles. The molecule has 1 heterocycles. The zero-order valence-electron chi connectivity index (χ0n) is 12.2. The molecule has 0 amide bonds. The number of ketones is 1. The summed E-state index contributed by atoms with van der Waals surface area (Å²) in [6.45, 7) is 2.70. The van der Waals surface area contributed by atoms with Crippen molar-refractivity contribution in [1.29, 1.82) is 0 Å². The number of carbonyl (C=O) groups excluding carboxylic acids is 1. The van der Waals surface area contributed by atoms with E-state index in [2.05, 4.69) is 4.90 Å². The van der Waals surface area contributed by atoms with Gasteiger partial charge < -0.3 is 0 Å². The van der Waals surface area contributed by atoms with Crippen LogP contribution in [-0.4, -0.2) is 30.3 Å². The molecule has 0 N–H and O–H groups in total. The maximum absolute atomic E-state index is 12.9. The van der Waals surface area contributed by atoms with Gasteiger partial charge in [0.15, 0.2) is 5.78 Å². The molecule has 21 heavy (non-hydrogen) atoms. The Balaban J connectivity index is 1.78. The van der Waals surface area contributed by atoms with Crippen molar-refractivity contribution >= 4 is 29.0 Å². The van der Waals surface area contributed by atoms with Crippen LogP contribution in [0.1, 0.15) is 44.1 Å². The molecule has 2 nitrogen and oxygen atoms in total. The second kappa shape index (κ2) is 6.28. The third-order valence-electron chi connectivity index (χ3n) is 5.03. The van der Waals surface area contributed by atoms with E-state index in [-0.39, 0.29) is 5.41 Å². The first-order valence-corrected chi connectivity index (χ1v) is 8.59. The highest BCUT2D eigenvalue weighted by Gasteiger charge is 2.45. The number of Topliss-reactive ketones (excluding diaryl/α,β-unsaturated/α-hetero) is 1. The van der Waals surface area contributed by atoms with Crippen molar-refractivity contribution in [3.8, 4) is 0 Å². The van der Waals surface area contributed by atoms with Crippen LogP contribution in [0.4, 0.5) is 0 Å². The molecule has 0 bridgehead atoms. The normalized spacial score (nSPS) is 21.8. The van der Waals surface area contributed by atoms with Crippen molar-refractivity contribution < 1.29 is 4.79 Å². The average molecular weight is 326 g/mol. The van der Waals surface area contributed by atoms with Gasteiger partial charge in [-0.15, -0.1) is 0 Å². The van der Waals surface area contributed by atoms with Crippen LogP contribution in [0.2, 0.25) is 10.0 Å². The summed E-state index contributed by atoms with van der Waals surface area (Å²) in [5.41, 5.74) is 0.733.